The zero-order valence-electron chi connectivity index (χ0n) is 13.1. The van der Waals surface area contributed by atoms with Gasteiger partial charge in [0.15, 0.2) is 0 Å². The van der Waals surface area contributed by atoms with Crippen LogP contribution in [0.4, 0.5) is 11.6 Å². The van der Waals surface area contributed by atoms with Crippen molar-refractivity contribution in [2.75, 3.05) is 10.7 Å². The maximum absolute atomic E-state index is 5.55. The van der Waals surface area contributed by atoms with E-state index >= 15 is 0 Å². The summed E-state index contributed by atoms with van der Waals surface area (Å²) in [5.41, 5.74) is 2.67. The normalized spacial score (nSPS) is 25.9. The van der Waals surface area contributed by atoms with Crippen LogP contribution in [-0.2, 0) is 0 Å². The summed E-state index contributed by atoms with van der Waals surface area (Å²) < 4.78 is 0. The molecule has 4 N–H and O–H groups in total. The van der Waals surface area contributed by atoms with E-state index in [0.717, 1.165) is 17.6 Å². The number of hydrogen-bond acceptors (Lipinski definition) is 5. The maximum Gasteiger partial charge on any atom is 0.145 e. The van der Waals surface area contributed by atoms with Crippen LogP contribution in [0.1, 0.15) is 64.1 Å². The fourth-order valence-electron chi connectivity index (χ4n) is 3.46. The molecule has 0 aromatic carbocycles. The topological polar surface area (TPSA) is 75.9 Å². The van der Waals surface area contributed by atoms with Gasteiger partial charge in [0.25, 0.3) is 0 Å². The van der Waals surface area contributed by atoms with Crippen LogP contribution >= 0.6 is 0 Å². The minimum Gasteiger partial charge on any atom is -0.367 e. The lowest BCUT2D eigenvalue weighted by Gasteiger charge is -2.35. The second-order valence-electron chi connectivity index (χ2n) is 6.86. The van der Waals surface area contributed by atoms with Crippen molar-refractivity contribution in [1.82, 2.24) is 9.97 Å². The number of anilines is 2. The molecule has 0 amide bonds. The highest BCUT2D eigenvalue weighted by Crippen LogP contribution is 2.39. The van der Waals surface area contributed by atoms with E-state index in [1.54, 1.807) is 0 Å². The van der Waals surface area contributed by atoms with Crippen molar-refractivity contribution in [2.45, 2.75) is 64.3 Å². The van der Waals surface area contributed by atoms with E-state index in [1.807, 2.05) is 6.07 Å². The molecule has 0 bridgehead atoms. The molecule has 2 fully saturated rings. The summed E-state index contributed by atoms with van der Waals surface area (Å²) in [4.78, 5) is 9.19. The fourth-order valence-corrected chi connectivity index (χ4v) is 3.46. The van der Waals surface area contributed by atoms with Crippen molar-refractivity contribution in [3.05, 3.63) is 11.9 Å². The van der Waals surface area contributed by atoms with Gasteiger partial charge in [-0.15, -0.1) is 0 Å². The summed E-state index contributed by atoms with van der Waals surface area (Å²) in [5.74, 6) is 10.1. The van der Waals surface area contributed by atoms with E-state index in [2.05, 4.69) is 29.6 Å². The third-order valence-corrected chi connectivity index (χ3v) is 4.84. The lowest BCUT2D eigenvalue weighted by Crippen LogP contribution is -2.35. The second kappa shape index (κ2) is 6.18. The van der Waals surface area contributed by atoms with E-state index < -0.39 is 0 Å². The fraction of sp³-hybridized carbons (Fsp3) is 0.750. The molecule has 116 valence electrons. The number of rotatable bonds is 5. The van der Waals surface area contributed by atoms with Crippen LogP contribution in [0.5, 0.6) is 0 Å². The molecular formula is C16H27N5. The SMILES string of the molecule is CC(C)C1CCCCC1Nc1cc(NN)nc(C2CC2)n1. The summed E-state index contributed by atoms with van der Waals surface area (Å²) in [6.07, 6.45) is 7.61. The first kappa shape index (κ1) is 14.6. The Balaban J connectivity index is 1.77. The highest BCUT2D eigenvalue weighted by molar-refractivity contribution is 5.48. The van der Waals surface area contributed by atoms with E-state index in [4.69, 9.17) is 10.8 Å². The van der Waals surface area contributed by atoms with Crippen molar-refractivity contribution in [2.24, 2.45) is 17.7 Å². The van der Waals surface area contributed by atoms with Gasteiger partial charge in [-0.25, -0.2) is 15.8 Å². The molecule has 21 heavy (non-hydrogen) atoms. The van der Waals surface area contributed by atoms with Crippen molar-refractivity contribution in [1.29, 1.82) is 0 Å². The molecule has 2 unspecified atom stereocenters. The molecule has 0 saturated heterocycles. The molecule has 2 aliphatic carbocycles. The zero-order chi connectivity index (χ0) is 14.8. The smallest absolute Gasteiger partial charge is 0.145 e. The standard InChI is InChI=1S/C16H27N5/c1-10(2)12-5-3-4-6-13(12)18-14-9-15(21-17)20-16(19-14)11-7-8-11/h9-13H,3-8,17H2,1-2H3,(H2,18,19,20,21). The molecule has 1 heterocycles. The monoisotopic (exact) mass is 289 g/mol. The van der Waals surface area contributed by atoms with Crippen LogP contribution in [0.3, 0.4) is 0 Å². The van der Waals surface area contributed by atoms with Crippen LogP contribution in [0.25, 0.3) is 0 Å². The summed E-state index contributed by atoms with van der Waals surface area (Å²) >= 11 is 0. The minimum absolute atomic E-state index is 0.520. The van der Waals surface area contributed by atoms with Crippen LogP contribution in [-0.4, -0.2) is 16.0 Å². The number of nitrogens with zero attached hydrogens (tertiary/aromatic N) is 2. The average molecular weight is 289 g/mol. The molecule has 2 atom stereocenters. The lowest BCUT2D eigenvalue weighted by atomic mass is 9.78. The Morgan fingerprint density at radius 1 is 1.10 bits per heavy atom. The minimum atomic E-state index is 0.520. The number of nitrogen functional groups attached to an aromatic ring is 1. The molecule has 1 aromatic heterocycles. The summed E-state index contributed by atoms with van der Waals surface area (Å²) in [7, 11) is 0. The summed E-state index contributed by atoms with van der Waals surface area (Å²) in [6.45, 7) is 4.65. The molecule has 3 rings (SSSR count). The lowest BCUT2D eigenvalue weighted by molar-refractivity contribution is 0.253. The Kier molecular flexibility index (Phi) is 4.29. The Morgan fingerprint density at radius 3 is 2.48 bits per heavy atom. The van der Waals surface area contributed by atoms with Gasteiger partial charge in [0.2, 0.25) is 0 Å². The quantitative estimate of drug-likeness (QED) is 0.573. The number of hydrogen-bond donors (Lipinski definition) is 3. The number of nitrogens with one attached hydrogen (secondary N) is 2. The first-order chi connectivity index (χ1) is 10.2. The average Bonchev–Trinajstić information content (AvgIpc) is 3.32. The van der Waals surface area contributed by atoms with Crippen LogP contribution < -0.4 is 16.6 Å². The molecule has 2 saturated carbocycles. The molecule has 0 aliphatic heterocycles. The van der Waals surface area contributed by atoms with Gasteiger partial charge in [-0.05, 0) is 37.5 Å². The highest BCUT2D eigenvalue weighted by Gasteiger charge is 2.30. The van der Waals surface area contributed by atoms with E-state index in [-0.39, 0.29) is 0 Å². The van der Waals surface area contributed by atoms with Gasteiger partial charge in [-0.3, -0.25) is 0 Å². The number of aromatic nitrogens is 2. The predicted molar refractivity (Wildman–Crippen MR) is 86.0 cm³/mol. The third-order valence-electron chi connectivity index (χ3n) is 4.84. The van der Waals surface area contributed by atoms with E-state index in [0.29, 0.717) is 23.7 Å². The molecule has 5 nitrogen and oxygen atoms in total. The van der Waals surface area contributed by atoms with Gasteiger partial charge < -0.3 is 10.7 Å². The highest BCUT2D eigenvalue weighted by atomic mass is 15.3. The van der Waals surface area contributed by atoms with Crippen LogP contribution in [0.15, 0.2) is 6.07 Å². The van der Waals surface area contributed by atoms with Gasteiger partial charge in [0, 0.05) is 18.0 Å². The predicted octanol–water partition coefficient (Wildman–Crippen LogP) is 3.27. The molecule has 0 radical (unpaired) electrons. The van der Waals surface area contributed by atoms with Gasteiger partial charge in [0.05, 0.1) is 0 Å². The van der Waals surface area contributed by atoms with Gasteiger partial charge in [-0.1, -0.05) is 26.7 Å². The summed E-state index contributed by atoms with van der Waals surface area (Å²) in [6, 6.07) is 2.45. The number of hydrazine groups is 1. The number of nitrogens with two attached hydrogens (primary N) is 1. The van der Waals surface area contributed by atoms with Crippen LogP contribution in [0.2, 0.25) is 0 Å². The molecular weight excluding hydrogens is 262 g/mol. The molecule has 0 spiro atoms. The van der Waals surface area contributed by atoms with Gasteiger partial charge in [-0.2, -0.15) is 0 Å². The third kappa shape index (κ3) is 3.46. The first-order valence-corrected chi connectivity index (χ1v) is 8.29. The Bertz CT molecular complexity index is 484. The molecule has 1 aromatic rings. The van der Waals surface area contributed by atoms with Crippen molar-refractivity contribution >= 4 is 11.6 Å². The summed E-state index contributed by atoms with van der Waals surface area (Å²) in [5, 5.41) is 3.66. The van der Waals surface area contributed by atoms with Crippen LogP contribution in [0, 0.1) is 11.8 Å². The zero-order valence-corrected chi connectivity index (χ0v) is 13.1. The van der Waals surface area contributed by atoms with Crippen molar-refractivity contribution < 1.29 is 0 Å². The second-order valence-corrected chi connectivity index (χ2v) is 6.86. The molecule has 2 aliphatic rings. The van der Waals surface area contributed by atoms with Crippen molar-refractivity contribution in [3.8, 4) is 0 Å². The van der Waals surface area contributed by atoms with E-state index in [9.17, 15) is 0 Å². The molecule has 5 heteroatoms. The van der Waals surface area contributed by atoms with Gasteiger partial charge >= 0.3 is 0 Å². The largest absolute Gasteiger partial charge is 0.367 e. The van der Waals surface area contributed by atoms with Crippen molar-refractivity contribution in [3.63, 3.8) is 0 Å². The maximum atomic E-state index is 5.55. The Morgan fingerprint density at radius 2 is 1.81 bits per heavy atom. The first-order valence-electron chi connectivity index (χ1n) is 8.29. The van der Waals surface area contributed by atoms with E-state index in [1.165, 1.54) is 38.5 Å². The Labute approximate surface area is 127 Å². The Hall–Kier alpha value is -1.36. The van der Waals surface area contributed by atoms with Gasteiger partial charge in [0.1, 0.15) is 17.5 Å².